The molecule has 122 valence electrons. The van der Waals surface area contributed by atoms with Crippen molar-refractivity contribution in [3.63, 3.8) is 0 Å². The van der Waals surface area contributed by atoms with Crippen LogP contribution in [0.3, 0.4) is 0 Å². The molecule has 1 saturated heterocycles. The topological polar surface area (TPSA) is 52.6 Å². The fourth-order valence-electron chi connectivity index (χ4n) is 2.66. The minimum atomic E-state index is -0.382. The van der Waals surface area contributed by atoms with Crippen LogP contribution < -0.4 is 5.32 Å². The van der Waals surface area contributed by atoms with Crippen LogP contribution in [0, 0.1) is 5.92 Å². The second-order valence-electron chi connectivity index (χ2n) is 5.59. The lowest BCUT2D eigenvalue weighted by Gasteiger charge is -2.34. The first-order valence-corrected chi connectivity index (χ1v) is 9.04. The zero-order chi connectivity index (χ0) is 16.1. The van der Waals surface area contributed by atoms with Gasteiger partial charge < -0.3 is 15.3 Å². The molecule has 1 fully saturated rings. The Morgan fingerprint density at radius 1 is 1.59 bits per heavy atom. The van der Waals surface area contributed by atoms with Gasteiger partial charge in [0.25, 0.3) is 0 Å². The molecule has 2 unspecified atom stereocenters. The Hall–Kier alpha value is -0.910. The lowest BCUT2D eigenvalue weighted by atomic mass is 9.94. The fraction of sp³-hybridized carbons (Fsp3) is 0.562. The van der Waals surface area contributed by atoms with E-state index in [9.17, 15) is 9.90 Å². The van der Waals surface area contributed by atoms with E-state index >= 15 is 0 Å². The predicted molar refractivity (Wildman–Crippen MR) is 92.8 cm³/mol. The number of amides is 2. The van der Waals surface area contributed by atoms with Gasteiger partial charge in [0.2, 0.25) is 0 Å². The van der Waals surface area contributed by atoms with E-state index in [1.165, 1.54) is 0 Å². The number of hydrogen-bond acceptors (Lipinski definition) is 3. The molecule has 1 aliphatic heterocycles. The van der Waals surface area contributed by atoms with Crippen LogP contribution >= 0.6 is 23.4 Å². The van der Waals surface area contributed by atoms with Gasteiger partial charge in [0, 0.05) is 28.9 Å². The molecule has 2 N–H and O–H groups in total. The van der Waals surface area contributed by atoms with Gasteiger partial charge in [0.15, 0.2) is 0 Å². The van der Waals surface area contributed by atoms with Crippen molar-refractivity contribution in [2.45, 2.75) is 37.7 Å². The van der Waals surface area contributed by atoms with Crippen LogP contribution in [-0.4, -0.2) is 41.0 Å². The quantitative estimate of drug-likeness (QED) is 0.811. The summed E-state index contributed by atoms with van der Waals surface area (Å²) in [5, 5.41) is 13.3. The van der Waals surface area contributed by atoms with E-state index in [2.05, 4.69) is 12.2 Å². The van der Waals surface area contributed by atoms with Crippen LogP contribution in [0.2, 0.25) is 5.02 Å². The normalized spacial score (nSPS) is 19.8. The number of thioether (sulfide) groups is 1. The van der Waals surface area contributed by atoms with Gasteiger partial charge in [-0.1, -0.05) is 18.5 Å². The van der Waals surface area contributed by atoms with Crippen LogP contribution in [0.15, 0.2) is 23.1 Å². The summed E-state index contributed by atoms with van der Waals surface area (Å²) in [5.74, 6) is 1.08. The van der Waals surface area contributed by atoms with Crippen molar-refractivity contribution < 1.29 is 9.90 Å². The molecule has 0 saturated carbocycles. The minimum Gasteiger partial charge on any atom is -0.393 e. The summed E-state index contributed by atoms with van der Waals surface area (Å²) >= 11 is 7.72. The lowest BCUT2D eigenvalue weighted by molar-refractivity contribution is 0.0766. The average Bonchev–Trinajstić information content (AvgIpc) is 2.50. The van der Waals surface area contributed by atoms with E-state index in [1.807, 2.05) is 12.1 Å². The number of halogens is 1. The second-order valence-corrected chi connectivity index (χ2v) is 7.33. The molecule has 22 heavy (non-hydrogen) atoms. The Morgan fingerprint density at radius 3 is 3.05 bits per heavy atom. The highest BCUT2D eigenvalue weighted by molar-refractivity contribution is 7.99. The van der Waals surface area contributed by atoms with E-state index in [1.54, 1.807) is 29.7 Å². The van der Waals surface area contributed by atoms with Gasteiger partial charge >= 0.3 is 6.03 Å². The number of rotatable bonds is 4. The van der Waals surface area contributed by atoms with Crippen LogP contribution in [0.25, 0.3) is 0 Å². The fourth-order valence-corrected chi connectivity index (χ4v) is 3.58. The number of aliphatic hydroxyl groups is 1. The van der Waals surface area contributed by atoms with Crippen LogP contribution in [0.5, 0.6) is 0 Å². The summed E-state index contributed by atoms with van der Waals surface area (Å²) in [6, 6.07) is 5.43. The number of nitrogens with one attached hydrogen (secondary N) is 1. The number of hydrogen-bond donors (Lipinski definition) is 2. The maximum absolute atomic E-state index is 12.5. The highest BCUT2D eigenvalue weighted by atomic mass is 35.5. The molecular formula is C16H23ClN2O2S. The van der Waals surface area contributed by atoms with Crippen molar-refractivity contribution >= 4 is 35.1 Å². The molecule has 2 atom stereocenters. The van der Waals surface area contributed by atoms with E-state index in [0.29, 0.717) is 11.6 Å². The molecule has 6 heteroatoms. The largest absolute Gasteiger partial charge is 0.393 e. The molecule has 1 heterocycles. The van der Waals surface area contributed by atoms with Crippen molar-refractivity contribution in [2.24, 2.45) is 5.92 Å². The molecule has 0 aromatic heterocycles. The number of aliphatic hydroxyl groups excluding tert-OH is 1. The summed E-state index contributed by atoms with van der Waals surface area (Å²) in [5.41, 5.74) is 0.753. The van der Waals surface area contributed by atoms with E-state index in [0.717, 1.165) is 35.7 Å². The van der Waals surface area contributed by atoms with Gasteiger partial charge in [-0.15, -0.1) is 11.8 Å². The molecule has 0 spiro atoms. The SMILES string of the molecule is CCSc1ccc(Cl)cc1NC(=O)N1CCCC(C(C)O)C1. The lowest BCUT2D eigenvalue weighted by Crippen LogP contribution is -2.44. The molecule has 1 aliphatic rings. The summed E-state index contributed by atoms with van der Waals surface area (Å²) < 4.78 is 0. The zero-order valence-electron chi connectivity index (χ0n) is 13.0. The van der Waals surface area contributed by atoms with Crippen LogP contribution in [0.1, 0.15) is 26.7 Å². The number of benzene rings is 1. The van der Waals surface area contributed by atoms with Gasteiger partial charge in [-0.3, -0.25) is 0 Å². The van der Waals surface area contributed by atoms with Gasteiger partial charge in [0.1, 0.15) is 0 Å². The molecule has 0 radical (unpaired) electrons. The van der Waals surface area contributed by atoms with Crippen molar-refractivity contribution in [1.29, 1.82) is 0 Å². The summed E-state index contributed by atoms with van der Waals surface area (Å²) in [6.45, 7) is 5.19. The minimum absolute atomic E-state index is 0.120. The third-order valence-electron chi connectivity index (χ3n) is 3.91. The number of nitrogens with zero attached hydrogens (tertiary/aromatic N) is 1. The maximum atomic E-state index is 12.5. The number of piperidine rings is 1. The third-order valence-corrected chi connectivity index (χ3v) is 5.10. The van der Waals surface area contributed by atoms with Gasteiger partial charge in [-0.2, -0.15) is 0 Å². The first-order valence-electron chi connectivity index (χ1n) is 7.67. The summed E-state index contributed by atoms with van der Waals surface area (Å²) in [4.78, 5) is 15.3. The first-order chi connectivity index (χ1) is 10.5. The van der Waals surface area contributed by atoms with Crippen LogP contribution in [0.4, 0.5) is 10.5 Å². The second kappa shape index (κ2) is 8.09. The average molecular weight is 343 g/mol. The standard InChI is InChI=1S/C16H23ClN2O2S/c1-3-22-15-7-6-13(17)9-14(15)18-16(21)19-8-4-5-12(10-19)11(2)20/h6-7,9,11-12,20H,3-5,8,10H2,1-2H3,(H,18,21). The summed E-state index contributed by atoms with van der Waals surface area (Å²) in [7, 11) is 0. The predicted octanol–water partition coefficient (Wildman–Crippen LogP) is 4.08. The Morgan fingerprint density at radius 2 is 2.36 bits per heavy atom. The maximum Gasteiger partial charge on any atom is 0.321 e. The smallest absolute Gasteiger partial charge is 0.321 e. The Labute approximate surface area is 141 Å². The Bertz CT molecular complexity index is 525. The molecule has 2 rings (SSSR count). The van der Waals surface area contributed by atoms with Crippen molar-refractivity contribution in [3.8, 4) is 0 Å². The van der Waals surface area contributed by atoms with E-state index < -0.39 is 0 Å². The number of carbonyl (C=O) groups excluding carboxylic acids is 1. The van der Waals surface area contributed by atoms with Crippen molar-refractivity contribution in [2.75, 3.05) is 24.2 Å². The third kappa shape index (κ3) is 4.54. The first kappa shape index (κ1) is 17.4. The van der Waals surface area contributed by atoms with Gasteiger partial charge in [0.05, 0.1) is 11.8 Å². The molecule has 2 amide bonds. The van der Waals surface area contributed by atoms with Crippen molar-refractivity contribution in [1.82, 2.24) is 4.90 Å². The zero-order valence-corrected chi connectivity index (χ0v) is 14.6. The molecule has 4 nitrogen and oxygen atoms in total. The van der Waals surface area contributed by atoms with E-state index in [-0.39, 0.29) is 18.1 Å². The summed E-state index contributed by atoms with van der Waals surface area (Å²) in [6.07, 6.45) is 1.51. The highest BCUT2D eigenvalue weighted by Crippen LogP contribution is 2.30. The highest BCUT2D eigenvalue weighted by Gasteiger charge is 2.26. The molecule has 0 aliphatic carbocycles. The van der Waals surface area contributed by atoms with Gasteiger partial charge in [-0.05, 0) is 43.7 Å². The number of anilines is 1. The molecule has 1 aromatic rings. The molecule has 1 aromatic carbocycles. The molecule has 0 bridgehead atoms. The monoisotopic (exact) mass is 342 g/mol. The van der Waals surface area contributed by atoms with Crippen LogP contribution in [-0.2, 0) is 0 Å². The van der Waals surface area contributed by atoms with Crippen molar-refractivity contribution in [3.05, 3.63) is 23.2 Å². The number of urea groups is 1. The number of likely N-dealkylation sites (tertiary alicyclic amines) is 1. The van der Waals surface area contributed by atoms with E-state index in [4.69, 9.17) is 11.6 Å². The Balaban J connectivity index is 2.06. The Kier molecular flexibility index (Phi) is 6.41. The van der Waals surface area contributed by atoms with Gasteiger partial charge in [-0.25, -0.2) is 4.79 Å². The molecular weight excluding hydrogens is 320 g/mol. The number of carbonyl (C=O) groups is 1.